The Hall–Kier alpha value is -1.36. The van der Waals surface area contributed by atoms with E-state index in [1.54, 1.807) is 0 Å². The van der Waals surface area contributed by atoms with Gasteiger partial charge in [0.1, 0.15) is 5.82 Å². The molecule has 12 heavy (non-hydrogen) atoms. The monoisotopic (exact) mass is 165 g/mol. The second-order valence-corrected chi connectivity index (χ2v) is 2.82. The summed E-state index contributed by atoms with van der Waals surface area (Å²) in [6, 6.07) is 0. The number of nitrogens with zero attached hydrogens (tertiary/aromatic N) is 2. The zero-order chi connectivity index (χ0) is 8.55. The van der Waals surface area contributed by atoms with E-state index in [4.69, 9.17) is 11.5 Å². The number of fused-ring (bicyclic) bond motifs is 1. The molecule has 1 aliphatic rings. The predicted octanol–water partition coefficient (Wildman–Crippen LogP) is -0.713. The molecule has 0 aromatic carbocycles. The van der Waals surface area contributed by atoms with Crippen molar-refractivity contribution in [3.8, 4) is 0 Å². The minimum absolute atomic E-state index is 0.271. The first-order chi connectivity index (χ1) is 5.77. The molecule has 2 heterocycles. The third-order valence-electron chi connectivity index (χ3n) is 1.98. The molecule has 5 heteroatoms. The van der Waals surface area contributed by atoms with Crippen LogP contribution in [-0.4, -0.2) is 16.5 Å². The molecule has 1 aromatic heterocycles. The van der Waals surface area contributed by atoms with Gasteiger partial charge in [-0.25, -0.2) is 4.98 Å². The van der Waals surface area contributed by atoms with Crippen molar-refractivity contribution in [2.75, 3.05) is 18.0 Å². The van der Waals surface area contributed by atoms with Crippen molar-refractivity contribution >= 4 is 11.8 Å². The maximum absolute atomic E-state index is 5.67. The Balaban J connectivity index is 2.53. The van der Waals surface area contributed by atoms with E-state index in [1.165, 1.54) is 0 Å². The molecule has 0 spiro atoms. The van der Waals surface area contributed by atoms with Gasteiger partial charge >= 0.3 is 0 Å². The number of nitrogen functional groups attached to an aromatic ring is 2. The van der Waals surface area contributed by atoms with E-state index in [0.717, 1.165) is 30.8 Å². The minimum atomic E-state index is 0.271. The summed E-state index contributed by atoms with van der Waals surface area (Å²) < 4.78 is 0. The molecule has 0 amide bonds. The molecule has 0 aliphatic carbocycles. The van der Waals surface area contributed by atoms with Gasteiger partial charge < -0.3 is 16.8 Å². The Kier molecular flexibility index (Phi) is 1.58. The summed E-state index contributed by atoms with van der Waals surface area (Å²) in [5, 5.41) is 3.20. The number of rotatable bonds is 0. The highest BCUT2D eigenvalue weighted by molar-refractivity contribution is 5.46. The van der Waals surface area contributed by atoms with Gasteiger partial charge in [0.05, 0.1) is 5.69 Å². The Morgan fingerprint density at radius 3 is 2.92 bits per heavy atom. The van der Waals surface area contributed by atoms with Crippen molar-refractivity contribution in [2.45, 2.75) is 13.0 Å². The standard InChI is InChI=1S/C7H11N5/c8-6-4-3-10-2-1-5(4)11-7(9)12-6/h10H,1-3H2,(H4,8,9,11,12). The highest BCUT2D eigenvalue weighted by atomic mass is 15.1. The van der Waals surface area contributed by atoms with Gasteiger partial charge in [0.25, 0.3) is 0 Å². The fourth-order valence-electron chi connectivity index (χ4n) is 1.39. The lowest BCUT2D eigenvalue weighted by Crippen LogP contribution is -2.26. The summed E-state index contributed by atoms with van der Waals surface area (Å²) >= 11 is 0. The lowest BCUT2D eigenvalue weighted by Gasteiger charge is -2.17. The fraction of sp³-hybridized carbons (Fsp3) is 0.429. The summed E-state index contributed by atoms with van der Waals surface area (Å²) in [6.45, 7) is 1.68. The number of anilines is 2. The third-order valence-corrected chi connectivity index (χ3v) is 1.98. The maximum Gasteiger partial charge on any atom is 0.222 e. The van der Waals surface area contributed by atoms with Crippen molar-refractivity contribution in [1.82, 2.24) is 15.3 Å². The number of hydrogen-bond acceptors (Lipinski definition) is 5. The lowest BCUT2D eigenvalue weighted by atomic mass is 10.1. The second-order valence-electron chi connectivity index (χ2n) is 2.82. The molecule has 5 nitrogen and oxygen atoms in total. The van der Waals surface area contributed by atoms with E-state index in [0.29, 0.717) is 5.82 Å². The molecule has 2 rings (SSSR count). The molecule has 64 valence electrons. The number of hydrogen-bond donors (Lipinski definition) is 3. The number of nitrogens with two attached hydrogens (primary N) is 2. The fourth-order valence-corrected chi connectivity index (χ4v) is 1.39. The third kappa shape index (κ3) is 1.08. The molecule has 0 saturated heterocycles. The first-order valence-corrected chi connectivity index (χ1v) is 3.89. The van der Waals surface area contributed by atoms with Gasteiger partial charge in [0, 0.05) is 25.1 Å². The highest BCUT2D eigenvalue weighted by Crippen LogP contribution is 2.17. The molecule has 0 atom stereocenters. The molecular formula is C7H11N5. The first kappa shape index (κ1) is 7.30. The molecule has 0 bridgehead atoms. The van der Waals surface area contributed by atoms with Gasteiger partial charge in [-0.3, -0.25) is 0 Å². The molecule has 1 aliphatic heterocycles. The summed E-state index contributed by atoms with van der Waals surface area (Å²) in [5.41, 5.74) is 13.1. The van der Waals surface area contributed by atoms with Crippen LogP contribution < -0.4 is 16.8 Å². The van der Waals surface area contributed by atoms with Crippen molar-refractivity contribution in [3.05, 3.63) is 11.3 Å². The molecule has 0 radical (unpaired) electrons. The van der Waals surface area contributed by atoms with Crippen LogP contribution in [0.1, 0.15) is 11.3 Å². The number of nitrogens with one attached hydrogen (secondary N) is 1. The average Bonchev–Trinajstić information content (AvgIpc) is 2.04. The van der Waals surface area contributed by atoms with Crippen molar-refractivity contribution in [2.24, 2.45) is 0 Å². The lowest BCUT2D eigenvalue weighted by molar-refractivity contribution is 0.629. The first-order valence-electron chi connectivity index (χ1n) is 3.89. The van der Waals surface area contributed by atoms with Crippen molar-refractivity contribution < 1.29 is 0 Å². The van der Waals surface area contributed by atoms with Crippen LogP contribution in [-0.2, 0) is 13.0 Å². The topological polar surface area (TPSA) is 89.8 Å². The number of aromatic nitrogens is 2. The zero-order valence-corrected chi connectivity index (χ0v) is 6.67. The van der Waals surface area contributed by atoms with E-state index in [2.05, 4.69) is 15.3 Å². The Bertz CT molecular complexity index is 309. The van der Waals surface area contributed by atoms with Crippen LogP contribution in [0.2, 0.25) is 0 Å². The van der Waals surface area contributed by atoms with Gasteiger partial charge in [0.15, 0.2) is 0 Å². The Morgan fingerprint density at radius 1 is 1.25 bits per heavy atom. The smallest absolute Gasteiger partial charge is 0.222 e. The zero-order valence-electron chi connectivity index (χ0n) is 6.67. The van der Waals surface area contributed by atoms with Crippen LogP contribution in [0.15, 0.2) is 0 Å². The summed E-state index contributed by atoms with van der Waals surface area (Å²) in [7, 11) is 0. The van der Waals surface area contributed by atoms with Gasteiger partial charge in [-0.15, -0.1) is 0 Å². The minimum Gasteiger partial charge on any atom is -0.383 e. The van der Waals surface area contributed by atoms with Crippen LogP contribution >= 0.6 is 0 Å². The van der Waals surface area contributed by atoms with Crippen molar-refractivity contribution in [3.63, 3.8) is 0 Å². The van der Waals surface area contributed by atoms with Gasteiger partial charge in [-0.1, -0.05) is 0 Å². The van der Waals surface area contributed by atoms with Crippen LogP contribution in [0.3, 0.4) is 0 Å². The van der Waals surface area contributed by atoms with Crippen LogP contribution in [0, 0.1) is 0 Å². The van der Waals surface area contributed by atoms with Crippen LogP contribution in [0.25, 0.3) is 0 Å². The summed E-state index contributed by atoms with van der Waals surface area (Å²) in [5.74, 6) is 0.776. The summed E-state index contributed by atoms with van der Waals surface area (Å²) in [4.78, 5) is 8.01. The second kappa shape index (κ2) is 2.60. The molecular weight excluding hydrogens is 154 g/mol. The van der Waals surface area contributed by atoms with E-state index < -0.39 is 0 Å². The van der Waals surface area contributed by atoms with Crippen LogP contribution in [0.5, 0.6) is 0 Å². The molecule has 5 N–H and O–H groups in total. The molecule has 0 fully saturated rings. The molecule has 0 unspecified atom stereocenters. The maximum atomic E-state index is 5.67. The Morgan fingerprint density at radius 2 is 2.08 bits per heavy atom. The highest BCUT2D eigenvalue weighted by Gasteiger charge is 2.14. The van der Waals surface area contributed by atoms with E-state index in [1.807, 2.05) is 0 Å². The van der Waals surface area contributed by atoms with Gasteiger partial charge in [0.2, 0.25) is 5.95 Å². The largest absolute Gasteiger partial charge is 0.383 e. The van der Waals surface area contributed by atoms with E-state index in [9.17, 15) is 0 Å². The average molecular weight is 165 g/mol. The quantitative estimate of drug-likeness (QED) is 0.472. The van der Waals surface area contributed by atoms with Gasteiger partial charge in [-0.05, 0) is 0 Å². The predicted molar refractivity (Wildman–Crippen MR) is 46.3 cm³/mol. The van der Waals surface area contributed by atoms with E-state index >= 15 is 0 Å². The molecule has 0 saturated carbocycles. The van der Waals surface area contributed by atoms with Gasteiger partial charge in [-0.2, -0.15) is 4.98 Å². The summed E-state index contributed by atoms with van der Waals surface area (Å²) in [6.07, 6.45) is 0.881. The Labute approximate surface area is 70.2 Å². The van der Waals surface area contributed by atoms with E-state index in [-0.39, 0.29) is 5.95 Å². The van der Waals surface area contributed by atoms with Crippen molar-refractivity contribution in [1.29, 1.82) is 0 Å². The SMILES string of the molecule is Nc1nc(N)c2c(n1)CCNC2. The van der Waals surface area contributed by atoms with Crippen LogP contribution in [0.4, 0.5) is 11.8 Å². The normalized spacial score (nSPS) is 15.7. The molecule has 1 aromatic rings.